The van der Waals surface area contributed by atoms with Gasteiger partial charge in [0, 0.05) is 17.1 Å². The highest BCUT2D eigenvalue weighted by Gasteiger charge is 2.31. The van der Waals surface area contributed by atoms with E-state index in [1.165, 1.54) is 23.8 Å². The highest BCUT2D eigenvalue weighted by Crippen LogP contribution is 2.36. The van der Waals surface area contributed by atoms with Crippen molar-refractivity contribution < 1.29 is 0 Å². The zero-order valence-corrected chi connectivity index (χ0v) is 9.32. The maximum Gasteiger partial charge on any atom is 0.0702 e. The summed E-state index contributed by atoms with van der Waals surface area (Å²) in [6.07, 6.45) is 6.61. The molecule has 1 heterocycles. The van der Waals surface area contributed by atoms with E-state index in [4.69, 9.17) is 5.73 Å². The quantitative estimate of drug-likeness (QED) is 0.789. The lowest BCUT2D eigenvalue weighted by molar-refractivity contribution is 0.461. The first kappa shape index (κ1) is 9.79. The lowest BCUT2D eigenvalue weighted by Gasteiger charge is -2.23. The maximum absolute atomic E-state index is 6.43. The van der Waals surface area contributed by atoms with Crippen molar-refractivity contribution in [1.29, 1.82) is 0 Å². The topological polar surface area (TPSA) is 38.9 Å². The molecule has 0 spiro atoms. The molecule has 0 radical (unpaired) electrons. The van der Waals surface area contributed by atoms with E-state index in [0.29, 0.717) is 0 Å². The molecule has 1 aromatic heterocycles. The van der Waals surface area contributed by atoms with E-state index in [1.54, 1.807) is 0 Å². The second kappa shape index (κ2) is 3.56. The fourth-order valence-electron chi connectivity index (χ4n) is 2.64. The Morgan fingerprint density at radius 3 is 2.69 bits per heavy atom. The summed E-state index contributed by atoms with van der Waals surface area (Å²) in [7, 11) is 0. The largest absolute Gasteiger partial charge is 0.321 e. The number of nitrogens with two attached hydrogens (primary N) is 1. The van der Waals surface area contributed by atoms with Crippen molar-refractivity contribution in [2.24, 2.45) is 5.73 Å². The van der Waals surface area contributed by atoms with Gasteiger partial charge < -0.3 is 5.73 Å². The molecule has 1 aromatic carbocycles. The Bertz CT molecular complexity index is 513. The van der Waals surface area contributed by atoms with Crippen LogP contribution in [0.4, 0.5) is 0 Å². The molecular formula is C14H16N2. The van der Waals surface area contributed by atoms with E-state index < -0.39 is 0 Å². The Balaban J connectivity index is 2.11. The zero-order chi connectivity index (χ0) is 11.0. The van der Waals surface area contributed by atoms with Crippen LogP contribution in [-0.4, -0.2) is 4.98 Å². The molecule has 2 nitrogen and oxygen atoms in total. The van der Waals surface area contributed by atoms with Crippen LogP contribution in [0, 0.1) is 0 Å². The van der Waals surface area contributed by atoms with Gasteiger partial charge in [-0.25, -0.2) is 0 Å². The summed E-state index contributed by atoms with van der Waals surface area (Å²) < 4.78 is 0. The van der Waals surface area contributed by atoms with Crippen molar-refractivity contribution in [3.63, 3.8) is 0 Å². The smallest absolute Gasteiger partial charge is 0.0702 e. The number of hydrogen-bond acceptors (Lipinski definition) is 2. The average molecular weight is 212 g/mol. The first-order chi connectivity index (χ1) is 7.78. The molecule has 1 saturated carbocycles. The Morgan fingerprint density at radius 1 is 1.12 bits per heavy atom. The van der Waals surface area contributed by atoms with Gasteiger partial charge in [-0.15, -0.1) is 0 Å². The summed E-state index contributed by atoms with van der Waals surface area (Å²) in [5.41, 5.74) is 8.55. The number of aromatic nitrogens is 1. The number of benzene rings is 1. The van der Waals surface area contributed by atoms with E-state index in [-0.39, 0.29) is 5.54 Å². The van der Waals surface area contributed by atoms with Crippen LogP contribution >= 0.6 is 0 Å². The number of para-hydroxylation sites is 1. The number of rotatable bonds is 1. The second-order valence-corrected chi connectivity index (χ2v) is 4.78. The molecule has 0 unspecified atom stereocenters. The summed E-state index contributed by atoms with van der Waals surface area (Å²) in [6, 6.07) is 10.4. The first-order valence-corrected chi connectivity index (χ1v) is 5.92. The minimum Gasteiger partial charge on any atom is -0.321 e. The van der Waals surface area contributed by atoms with Crippen molar-refractivity contribution in [3.8, 4) is 0 Å². The highest BCUT2D eigenvalue weighted by molar-refractivity contribution is 5.79. The van der Waals surface area contributed by atoms with Gasteiger partial charge in [0.05, 0.1) is 5.52 Å². The standard InChI is InChI=1S/C14H16N2/c15-14(7-3-4-8-14)12-9-11-5-1-2-6-13(11)16-10-12/h1-2,5-6,9-10H,3-4,7-8,15H2. The van der Waals surface area contributed by atoms with Gasteiger partial charge in [-0.2, -0.15) is 0 Å². The summed E-state index contributed by atoms with van der Waals surface area (Å²) in [5, 5.41) is 1.19. The van der Waals surface area contributed by atoms with E-state index in [0.717, 1.165) is 18.4 Å². The van der Waals surface area contributed by atoms with Gasteiger partial charge >= 0.3 is 0 Å². The van der Waals surface area contributed by atoms with Crippen molar-refractivity contribution in [2.75, 3.05) is 0 Å². The summed E-state index contributed by atoms with van der Waals surface area (Å²) >= 11 is 0. The molecule has 2 aromatic rings. The number of nitrogens with zero attached hydrogens (tertiary/aromatic N) is 1. The Labute approximate surface area is 95.5 Å². The van der Waals surface area contributed by atoms with Crippen LogP contribution < -0.4 is 5.73 Å². The van der Waals surface area contributed by atoms with Gasteiger partial charge in [-0.05, 0) is 30.5 Å². The highest BCUT2D eigenvalue weighted by atomic mass is 14.8. The predicted octanol–water partition coefficient (Wildman–Crippen LogP) is 2.96. The summed E-state index contributed by atoms with van der Waals surface area (Å²) in [5.74, 6) is 0. The maximum atomic E-state index is 6.43. The Morgan fingerprint density at radius 2 is 1.88 bits per heavy atom. The predicted molar refractivity (Wildman–Crippen MR) is 66.1 cm³/mol. The fraction of sp³-hybridized carbons (Fsp3) is 0.357. The van der Waals surface area contributed by atoms with E-state index in [2.05, 4.69) is 17.1 Å². The molecular weight excluding hydrogens is 196 g/mol. The van der Waals surface area contributed by atoms with Crippen molar-refractivity contribution in [3.05, 3.63) is 42.1 Å². The third kappa shape index (κ3) is 1.50. The van der Waals surface area contributed by atoms with E-state index in [9.17, 15) is 0 Å². The number of fused-ring (bicyclic) bond motifs is 1. The minimum atomic E-state index is -0.128. The molecule has 16 heavy (non-hydrogen) atoms. The van der Waals surface area contributed by atoms with Gasteiger partial charge in [0.15, 0.2) is 0 Å². The van der Waals surface area contributed by atoms with Gasteiger partial charge in [0.1, 0.15) is 0 Å². The van der Waals surface area contributed by atoms with Crippen LogP contribution in [0.3, 0.4) is 0 Å². The second-order valence-electron chi connectivity index (χ2n) is 4.78. The molecule has 2 heteroatoms. The van der Waals surface area contributed by atoms with Gasteiger partial charge in [-0.1, -0.05) is 31.0 Å². The van der Waals surface area contributed by atoms with Crippen LogP contribution in [0.2, 0.25) is 0 Å². The van der Waals surface area contributed by atoms with E-state index >= 15 is 0 Å². The molecule has 2 N–H and O–H groups in total. The van der Waals surface area contributed by atoms with Gasteiger partial charge in [0.2, 0.25) is 0 Å². The van der Waals surface area contributed by atoms with Crippen LogP contribution in [-0.2, 0) is 5.54 Å². The molecule has 0 bridgehead atoms. The van der Waals surface area contributed by atoms with Gasteiger partial charge in [0.25, 0.3) is 0 Å². The molecule has 1 fully saturated rings. The lowest BCUT2D eigenvalue weighted by Crippen LogP contribution is -2.33. The fourth-order valence-corrected chi connectivity index (χ4v) is 2.64. The lowest BCUT2D eigenvalue weighted by atomic mass is 9.90. The minimum absolute atomic E-state index is 0.128. The molecule has 1 aliphatic rings. The zero-order valence-electron chi connectivity index (χ0n) is 9.32. The van der Waals surface area contributed by atoms with Crippen LogP contribution in [0.15, 0.2) is 36.5 Å². The number of hydrogen-bond donors (Lipinski definition) is 1. The number of pyridine rings is 1. The SMILES string of the molecule is NC1(c2cnc3ccccc3c2)CCCC1. The van der Waals surface area contributed by atoms with Crippen molar-refractivity contribution in [2.45, 2.75) is 31.2 Å². The van der Waals surface area contributed by atoms with Gasteiger partial charge in [-0.3, -0.25) is 4.98 Å². The summed E-state index contributed by atoms with van der Waals surface area (Å²) in [6.45, 7) is 0. The van der Waals surface area contributed by atoms with Crippen LogP contribution in [0.25, 0.3) is 10.9 Å². The van der Waals surface area contributed by atoms with Crippen molar-refractivity contribution >= 4 is 10.9 Å². The van der Waals surface area contributed by atoms with Crippen LogP contribution in [0.1, 0.15) is 31.2 Å². The van der Waals surface area contributed by atoms with Crippen LogP contribution in [0.5, 0.6) is 0 Å². The summed E-state index contributed by atoms with van der Waals surface area (Å²) in [4.78, 5) is 4.49. The first-order valence-electron chi connectivity index (χ1n) is 5.92. The molecule has 3 rings (SSSR count). The monoisotopic (exact) mass is 212 g/mol. The van der Waals surface area contributed by atoms with Crippen molar-refractivity contribution in [1.82, 2.24) is 4.98 Å². The molecule has 0 saturated heterocycles. The Hall–Kier alpha value is -1.41. The van der Waals surface area contributed by atoms with E-state index in [1.807, 2.05) is 24.4 Å². The molecule has 1 aliphatic carbocycles. The third-order valence-electron chi connectivity index (χ3n) is 3.66. The molecule has 0 atom stereocenters. The third-order valence-corrected chi connectivity index (χ3v) is 3.66. The normalized spacial score (nSPS) is 19.1. The molecule has 0 amide bonds. The average Bonchev–Trinajstić information content (AvgIpc) is 2.77. The Kier molecular flexibility index (Phi) is 2.18. The molecule has 0 aliphatic heterocycles. The molecule has 82 valence electrons.